The molecule has 1 fully saturated rings. The van der Waals surface area contributed by atoms with Crippen molar-refractivity contribution in [2.75, 3.05) is 32.9 Å². The molecule has 0 aromatic carbocycles. The molecule has 0 aromatic heterocycles. The van der Waals surface area contributed by atoms with Gasteiger partial charge in [0.15, 0.2) is 0 Å². The molecular formula is C14H25NO5. The van der Waals surface area contributed by atoms with E-state index < -0.39 is 12.0 Å². The van der Waals surface area contributed by atoms with E-state index in [1.54, 1.807) is 4.90 Å². The van der Waals surface area contributed by atoms with E-state index >= 15 is 0 Å². The zero-order chi connectivity index (χ0) is 14.8. The molecule has 1 atom stereocenters. The third kappa shape index (κ3) is 6.34. The summed E-state index contributed by atoms with van der Waals surface area (Å²) in [6.07, 6.45) is 4.50. The summed E-state index contributed by atoms with van der Waals surface area (Å²) in [6, 6.07) is -0.558. The fourth-order valence-corrected chi connectivity index (χ4v) is 2.23. The first-order valence-electron chi connectivity index (χ1n) is 7.35. The third-order valence-corrected chi connectivity index (χ3v) is 3.36. The molecular weight excluding hydrogens is 262 g/mol. The number of carbonyl (C=O) groups is 2. The average molecular weight is 287 g/mol. The minimum Gasteiger partial charge on any atom is -0.480 e. The Morgan fingerprint density at radius 2 is 2.05 bits per heavy atom. The average Bonchev–Trinajstić information content (AvgIpc) is 2.43. The van der Waals surface area contributed by atoms with Gasteiger partial charge in [-0.2, -0.15) is 0 Å². The Hall–Kier alpha value is -1.14. The van der Waals surface area contributed by atoms with Gasteiger partial charge in [0.1, 0.15) is 12.6 Å². The Morgan fingerprint density at radius 1 is 1.25 bits per heavy atom. The van der Waals surface area contributed by atoms with Crippen LogP contribution in [-0.4, -0.2) is 60.9 Å². The zero-order valence-electron chi connectivity index (χ0n) is 12.2. The summed E-state index contributed by atoms with van der Waals surface area (Å²) in [7, 11) is 0. The van der Waals surface area contributed by atoms with E-state index in [0.29, 0.717) is 26.2 Å². The molecule has 20 heavy (non-hydrogen) atoms. The van der Waals surface area contributed by atoms with Gasteiger partial charge >= 0.3 is 11.9 Å². The number of carboxylic acid groups (broad SMARTS) is 1. The van der Waals surface area contributed by atoms with Gasteiger partial charge in [0.25, 0.3) is 0 Å². The number of likely N-dealkylation sites (tertiary alicyclic amines) is 1. The number of aliphatic carboxylic acids is 1. The molecule has 0 aromatic rings. The van der Waals surface area contributed by atoms with Crippen LogP contribution in [-0.2, 0) is 19.1 Å². The molecule has 6 nitrogen and oxygen atoms in total. The highest BCUT2D eigenvalue weighted by atomic mass is 16.6. The molecule has 1 heterocycles. The number of unbranched alkanes of at least 4 members (excludes halogenated alkanes) is 1. The van der Waals surface area contributed by atoms with Gasteiger partial charge in [-0.25, -0.2) is 0 Å². The van der Waals surface area contributed by atoms with E-state index in [9.17, 15) is 9.59 Å². The van der Waals surface area contributed by atoms with Crippen LogP contribution >= 0.6 is 0 Å². The second-order valence-electron chi connectivity index (χ2n) is 5.01. The van der Waals surface area contributed by atoms with Crippen molar-refractivity contribution in [2.45, 2.75) is 45.1 Å². The van der Waals surface area contributed by atoms with E-state index in [2.05, 4.69) is 6.92 Å². The summed E-state index contributed by atoms with van der Waals surface area (Å²) in [5, 5.41) is 9.10. The van der Waals surface area contributed by atoms with Gasteiger partial charge in [0.2, 0.25) is 0 Å². The number of hydrogen-bond acceptors (Lipinski definition) is 5. The van der Waals surface area contributed by atoms with Crippen molar-refractivity contribution in [3.05, 3.63) is 0 Å². The minimum absolute atomic E-state index is 0.0475. The first-order chi connectivity index (χ1) is 9.65. The van der Waals surface area contributed by atoms with E-state index in [4.69, 9.17) is 14.6 Å². The minimum atomic E-state index is -0.861. The molecule has 1 rings (SSSR count). The molecule has 1 aliphatic rings. The third-order valence-electron chi connectivity index (χ3n) is 3.36. The monoisotopic (exact) mass is 287 g/mol. The number of hydrogen-bond donors (Lipinski definition) is 1. The Balaban J connectivity index is 2.18. The van der Waals surface area contributed by atoms with Gasteiger partial charge in [0.05, 0.1) is 13.2 Å². The fraction of sp³-hybridized carbons (Fsp3) is 0.857. The quantitative estimate of drug-likeness (QED) is 0.508. The van der Waals surface area contributed by atoms with Gasteiger partial charge in [0, 0.05) is 6.61 Å². The SMILES string of the molecule is CCCCOCCOC(=O)CN1CCCCC1C(=O)O. The Kier molecular flexibility index (Phi) is 8.22. The Morgan fingerprint density at radius 3 is 2.75 bits per heavy atom. The first kappa shape index (κ1) is 16.9. The summed E-state index contributed by atoms with van der Waals surface area (Å²) in [5.74, 6) is -1.24. The molecule has 1 saturated heterocycles. The molecule has 0 bridgehead atoms. The van der Waals surface area contributed by atoms with Crippen LogP contribution < -0.4 is 0 Å². The highest BCUT2D eigenvalue weighted by Crippen LogP contribution is 2.16. The largest absolute Gasteiger partial charge is 0.480 e. The maximum absolute atomic E-state index is 11.7. The predicted octanol–water partition coefficient (Wildman–Crippen LogP) is 1.29. The normalized spacial score (nSPS) is 19.8. The molecule has 0 spiro atoms. The van der Waals surface area contributed by atoms with E-state index in [1.165, 1.54) is 0 Å². The van der Waals surface area contributed by atoms with E-state index in [1.807, 2.05) is 0 Å². The number of carbonyl (C=O) groups excluding carboxylic acids is 1. The molecule has 0 amide bonds. The number of esters is 1. The summed E-state index contributed by atoms with van der Waals surface area (Å²) < 4.78 is 10.3. The lowest BCUT2D eigenvalue weighted by Gasteiger charge is -2.31. The van der Waals surface area contributed by atoms with Crippen LogP contribution in [0, 0.1) is 0 Å². The number of rotatable bonds is 9. The van der Waals surface area contributed by atoms with Crippen molar-refractivity contribution < 1.29 is 24.2 Å². The molecule has 116 valence electrons. The maximum atomic E-state index is 11.7. The molecule has 1 unspecified atom stereocenters. The summed E-state index contributed by atoms with van der Waals surface area (Å²) in [5.41, 5.74) is 0. The maximum Gasteiger partial charge on any atom is 0.320 e. The molecule has 0 radical (unpaired) electrons. The van der Waals surface area contributed by atoms with Crippen molar-refractivity contribution in [2.24, 2.45) is 0 Å². The van der Waals surface area contributed by atoms with Crippen molar-refractivity contribution in [1.29, 1.82) is 0 Å². The zero-order valence-corrected chi connectivity index (χ0v) is 12.2. The summed E-state index contributed by atoms with van der Waals surface area (Å²) in [4.78, 5) is 24.4. The smallest absolute Gasteiger partial charge is 0.320 e. The lowest BCUT2D eigenvalue weighted by atomic mass is 10.0. The fourth-order valence-electron chi connectivity index (χ4n) is 2.23. The lowest BCUT2D eigenvalue weighted by molar-refractivity contribution is -0.151. The molecule has 6 heteroatoms. The standard InChI is InChI=1S/C14H25NO5/c1-2-3-8-19-9-10-20-13(16)11-15-7-5-4-6-12(15)14(17)18/h12H,2-11H2,1H3,(H,17,18). The number of piperidine rings is 1. The Labute approximate surface area is 120 Å². The predicted molar refractivity (Wildman–Crippen MR) is 73.5 cm³/mol. The van der Waals surface area contributed by atoms with Gasteiger partial charge in [-0.15, -0.1) is 0 Å². The summed E-state index contributed by atoms with van der Waals surface area (Å²) in [6.45, 7) is 4.08. The van der Waals surface area contributed by atoms with Gasteiger partial charge < -0.3 is 14.6 Å². The van der Waals surface area contributed by atoms with Gasteiger partial charge in [-0.3, -0.25) is 14.5 Å². The van der Waals surface area contributed by atoms with Crippen molar-refractivity contribution in [3.8, 4) is 0 Å². The molecule has 0 saturated carbocycles. The van der Waals surface area contributed by atoms with Gasteiger partial charge in [-0.1, -0.05) is 19.8 Å². The topological polar surface area (TPSA) is 76.1 Å². The van der Waals surface area contributed by atoms with Crippen LogP contribution in [0.25, 0.3) is 0 Å². The number of carboxylic acids is 1. The number of nitrogens with zero attached hydrogens (tertiary/aromatic N) is 1. The van der Waals surface area contributed by atoms with Crippen LogP contribution in [0.1, 0.15) is 39.0 Å². The molecule has 1 aliphatic heterocycles. The highest BCUT2D eigenvalue weighted by molar-refractivity contribution is 5.76. The second-order valence-corrected chi connectivity index (χ2v) is 5.01. The van der Waals surface area contributed by atoms with Crippen LogP contribution in [0.3, 0.4) is 0 Å². The highest BCUT2D eigenvalue weighted by Gasteiger charge is 2.29. The van der Waals surface area contributed by atoms with Gasteiger partial charge in [-0.05, 0) is 25.8 Å². The van der Waals surface area contributed by atoms with Crippen LogP contribution in [0.4, 0.5) is 0 Å². The second kappa shape index (κ2) is 9.72. The van der Waals surface area contributed by atoms with E-state index in [-0.39, 0.29) is 19.1 Å². The Bertz CT molecular complexity index is 308. The van der Waals surface area contributed by atoms with E-state index in [0.717, 1.165) is 25.7 Å². The summed E-state index contributed by atoms with van der Waals surface area (Å²) >= 11 is 0. The van der Waals surface area contributed by atoms with Crippen molar-refractivity contribution >= 4 is 11.9 Å². The van der Waals surface area contributed by atoms with Crippen molar-refractivity contribution in [1.82, 2.24) is 4.90 Å². The van der Waals surface area contributed by atoms with Crippen LogP contribution in [0.15, 0.2) is 0 Å². The van der Waals surface area contributed by atoms with Crippen LogP contribution in [0.5, 0.6) is 0 Å². The lowest BCUT2D eigenvalue weighted by Crippen LogP contribution is -2.47. The molecule has 0 aliphatic carbocycles. The molecule has 1 N–H and O–H groups in total. The number of ether oxygens (including phenoxy) is 2. The van der Waals surface area contributed by atoms with Crippen LogP contribution in [0.2, 0.25) is 0 Å². The first-order valence-corrected chi connectivity index (χ1v) is 7.35. The van der Waals surface area contributed by atoms with Crippen molar-refractivity contribution in [3.63, 3.8) is 0 Å².